The van der Waals surface area contributed by atoms with Crippen LogP contribution in [0, 0.1) is 13.8 Å². The molecule has 0 saturated heterocycles. The van der Waals surface area contributed by atoms with Gasteiger partial charge in [-0.25, -0.2) is 9.59 Å². The highest BCUT2D eigenvalue weighted by Gasteiger charge is 2.28. The molecule has 0 atom stereocenters. The Labute approximate surface area is 143 Å². The van der Waals surface area contributed by atoms with Crippen LogP contribution >= 0.6 is 0 Å². The molecule has 1 aliphatic rings. The molecular formula is C15H20N6O4. The van der Waals surface area contributed by atoms with Crippen LogP contribution in [0.5, 0.6) is 0 Å². The summed E-state index contributed by atoms with van der Waals surface area (Å²) in [6.07, 6.45) is 2.43. The second kappa shape index (κ2) is 6.63. The van der Waals surface area contributed by atoms with Crippen molar-refractivity contribution in [2.24, 2.45) is 0 Å². The average molecular weight is 348 g/mol. The Morgan fingerprint density at radius 3 is 2.64 bits per heavy atom. The van der Waals surface area contributed by atoms with Crippen molar-refractivity contribution in [3.8, 4) is 5.69 Å². The summed E-state index contributed by atoms with van der Waals surface area (Å²) in [5.74, 6) is 0.423. The molecular weight excluding hydrogens is 328 g/mol. The lowest BCUT2D eigenvalue weighted by atomic mass is 10.2. The van der Waals surface area contributed by atoms with Gasteiger partial charge in [0.25, 0.3) is 0 Å². The van der Waals surface area contributed by atoms with Crippen molar-refractivity contribution in [2.45, 2.75) is 40.2 Å². The van der Waals surface area contributed by atoms with E-state index in [4.69, 9.17) is 9.26 Å². The van der Waals surface area contributed by atoms with E-state index >= 15 is 0 Å². The monoisotopic (exact) mass is 348 g/mol. The third-order valence-electron chi connectivity index (χ3n) is 3.94. The van der Waals surface area contributed by atoms with Crippen LogP contribution in [0.25, 0.3) is 5.69 Å². The van der Waals surface area contributed by atoms with Crippen LogP contribution in [0.4, 0.5) is 4.79 Å². The van der Waals surface area contributed by atoms with Crippen molar-refractivity contribution >= 4 is 6.03 Å². The van der Waals surface area contributed by atoms with E-state index in [1.54, 1.807) is 13.8 Å². The van der Waals surface area contributed by atoms with Crippen molar-refractivity contribution in [3.05, 3.63) is 33.7 Å². The minimum atomic E-state index is -0.669. The smallest absolute Gasteiger partial charge is 0.377 e. The summed E-state index contributed by atoms with van der Waals surface area (Å²) in [5, 5.41) is 11.4. The van der Waals surface area contributed by atoms with E-state index in [1.165, 1.54) is 4.90 Å². The number of tetrazole rings is 1. The molecule has 0 unspecified atom stereocenters. The molecule has 1 amide bonds. The van der Waals surface area contributed by atoms with E-state index in [0.717, 1.165) is 15.1 Å². The van der Waals surface area contributed by atoms with Crippen molar-refractivity contribution in [1.29, 1.82) is 0 Å². The Balaban J connectivity index is 2.00. The Morgan fingerprint density at radius 2 is 2.08 bits per heavy atom. The van der Waals surface area contributed by atoms with Gasteiger partial charge in [0.15, 0.2) is 5.76 Å². The van der Waals surface area contributed by atoms with Crippen molar-refractivity contribution in [1.82, 2.24) is 29.8 Å². The topological polar surface area (TPSA) is 108 Å². The van der Waals surface area contributed by atoms with Crippen LogP contribution in [-0.2, 0) is 4.74 Å². The molecule has 2 aromatic heterocycles. The molecule has 3 heterocycles. The van der Waals surface area contributed by atoms with Gasteiger partial charge in [-0.2, -0.15) is 4.68 Å². The lowest BCUT2D eigenvalue weighted by molar-refractivity contribution is 0.136. The molecule has 2 aromatic rings. The highest BCUT2D eigenvalue weighted by atomic mass is 16.5. The highest BCUT2D eigenvalue weighted by Crippen LogP contribution is 2.18. The predicted molar refractivity (Wildman–Crippen MR) is 86.4 cm³/mol. The first kappa shape index (κ1) is 17.1. The van der Waals surface area contributed by atoms with Gasteiger partial charge in [-0.15, -0.1) is 4.68 Å². The zero-order chi connectivity index (χ0) is 18.1. The molecule has 134 valence electrons. The SMILES string of the molecule is Cc1noc(C)c1-n1nnn(C(=O)N(C2=CCOCC2)C(C)C)c1=O. The van der Waals surface area contributed by atoms with Gasteiger partial charge in [-0.05, 0) is 44.2 Å². The van der Waals surface area contributed by atoms with Gasteiger partial charge in [-0.1, -0.05) is 5.16 Å². The molecule has 25 heavy (non-hydrogen) atoms. The minimum Gasteiger partial charge on any atom is -0.377 e. The molecule has 3 rings (SSSR count). The minimum absolute atomic E-state index is 0.145. The lowest BCUT2D eigenvalue weighted by Crippen LogP contribution is -2.44. The second-order valence-electron chi connectivity index (χ2n) is 6.02. The maximum absolute atomic E-state index is 12.9. The summed E-state index contributed by atoms with van der Waals surface area (Å²) < 4.78 is 12.1. The quantitative estimate of drug-likeness (QED) is 0.762. The number of hydrogen-bond donors (Lipinski definition) is 0. The normalized spacial score (nSPS) is 14.7. The molecule has 0 N–H and O–H groups in total. The Hall–Kier alpha value is -2.75. The fourth-order valence-corrected chi connectivity index (χ4v) is 2.80. The number of carbonyl (C=O) groups is 1. The lowest BCUT2D eigenvalue weighted by Gasteiger charge is -2.30. The predicted octanol–water partition coefficient (Wildman–Crippen LogP) is 1.02. The molecule has 0 fully saturated rings. The molecule has 1 aliphatic heterocycles. The first-order valence-corrected chi connectivity index (χ1v) is 8.00. The maximum Gasteiger partial charge on any atom is 0.377 e. The number of carbonyl (C=O) groups excluding carboxylic acids is 1. The number of rotatable bonds is 3. The molecule has 0 bridgehead atoms. The highest BCUT2D eigenvalue weighted by molar-refractivity contribution is 5.77. The zero-order valence-electron chi connectivity index (χ0n) is 14.6. The fourth-order valence-electron chi connectivity index (χ4n) is 2.80. The summed E-state index contributed by atoms with van der Waals surface area (Å²) in [4.78, 5) is 27.1. The van der Waals surface area contributed by atoms with Gasteiger partial charge in [0, 0.05) is 18.2 Å². The first-order chi connectivity index (χ1) is 11.9. The summed E-state index contributed by atoms with van der Waals surface area (Å²) >= 11 is 0. The maximum atomic E-state index is 12.9. The third-order valence-corrected chi connectivity index (χ3v) is 3.94. The van der Waals surface area contributed by atoms with E-state index in [9.17, 15) is 9.59 Å². The van der Waals surface area contributed by atoms with Crippen molar-refractivity contribution in [3.63, 3.8) is 0 Å². The fraction of sp³-hybridized carbons (Fsp3) is 0.533. The molecule has 10 nitrogen and oxygen atoms in total. The zero-order valence-corrected chi connectivity index (χ0v) is 14.6. The Kier molecular flexibility index (Phi) is 4.53. The van der Waals surface area contributed by atoms with Gasteiger partial charge in [0.05, 0.1) is 13.2 Å². The van der Waals surface area contributed by atoms with Gasteiger partial charge < -0.3 is 9.26 Å². The van der Waals surface area contributed by atoms with E-state index < -0.39 is 11.7 Å². The van der Waals surface area contributed by atoms with Crippen LogP contribution in [0.3, 0.4) is 0 Å². The standard InChI is InChI=1S/C15H20N6O4/c1-9(2)19(12-5-7-24-8-6-12)14(22)21-15(23)20(17-18-21)13-10(3)16-25-11(13)4/h5,9H,6-8H2,1-4H3. The van der Waals surface area contributed by atoms with Crippen LogP contribution in [0.1, 0.15) is 31.7 Å². The van der Waals surface area contributed by atoms with Crippen LogP contribution in [-0.4, -0.2) is 55.1 Å². The van der Waals surface area contributed by atoms with Gasteiger partial charge in [-0.3, -0.25) is 4.90 Å². The third kappa shape index (κ3) is 3.00. The Bertz CT molecular complexity index is 855. The van der Waals surface area contributed by atoms with E-state index in [1.807, 2.05) is 19.9 Å². The summed E-state index contributed by atoms with van der Waals surface area (Å²) in [6, 6.07) is -0.695. The number of hydrogen-bond acceptors (Lipinski definition) is 7. The number of aromatic nitrogens is 5. The number of amides is 1. The van der Waals surface area contributed by atoms with Crippen LogP contribution in [0.2, 0.25) is 0 Å². The Morgan fingerprint density at radius 1 is 1.32 bits per heavy atom. The van der Waals surface area contributed by atoms with Crippen molar-refractivity contribution in [2.75, 3.05) is 13.2 Å². The largest absolute Gasteiger partial charge is 0.377 e. The number of aryl methyl sites for hydroxylation is 2. The molecule has 0 saturated carbocycles. The van der Waals surface area contributed by atoms with Gasteiger partial charge >= 0.3 is 11.7 Å². The molecule has 10 heteroatoms. The average Bonchev–Trinajstić information content (AvgIpc) is 3.10. The van der Waals surface area contributed by atoms with E-state index in [2.05, 4.69) is 15.6 Å². The summed E-state index contributed by atoms with van der Waals surface area (Å²) in [7, 11) is 0. The van der Waals surface area contributed by atoms with Crippen molar-refractivity contribution < 1.29 is 14.1 Å². The molecule has 0 aliphatic carbocycles. The van der Waals surface area contributed by atoms with E-state index in [0.29, 0.717) is 36.8 Å². The summed E-state index contributed by atoms with van der Waals surface area (Å²) in [6.45, 7) is 8.06. The number of ether oxygens (including phenoxy) is 1. The van der Waals surface area contributed by atoms with Crippen LogP contribution in [0.15, 0.2) is 21.1 Å². The number of nitrogens with zero attached hydrogens (tertiary/aromatic N) is 6. The molecule has 0 spiro atoms. The van der Waals surface area contributed by atoms with E-state index in [-0.39, 0.29) is 6.04 Å². The van der Waals surface area contributed by atoms with Gasteiger partial charge in [0.2, 0.25) is 0 Å². The molecule has 0 aromatic carbocycles. The summed E-state index contributed by atoms with van der Waals surface area (Å²) in [5.41, 5.74) is 1.03. The van der Waals surface area contributed by atoms with Crippen LogP contribution < -0.4 is 5.69 Å². The van der Waals surface area contributed by atoms with Gasteiger partial charge in [0.1, 0.15) is 11.4 Å². The molecule has 0 radical (unpaired) electrons. The second-order valence-corrected chi connectivity index (χ2v) is 6.02. The first-order valence-electron chi connectivity index (χ1n) is 8.00.